The molecule has 0 spiro atoms. The van der Waals surface area contributed by atoms with Crippen molar-refractivity contribution in [2.45, 2.75) is 24.4 Å². The van der Waals surface area contributed by atoms with Crippen LogP contribution in [0.4, 0.5) is 0 Å². The van der Waals surface area contributed by atoms with E-state index in [4.69, 9.17) is 9.84 Å². The van der Waals surface area contributed by atoms with Crippen LogP contribution in [0.3, 0.4) is 0 Å². The summed E-state index contributed by atoms with van der Waals surface area (Å²) in [5, 5.41) is 28.1. The van der Waals surface area contributed by atoms with Gasteiger partial charge in [-0.2, -0.15) is 0 Å². The number of ether oxygens (including phenoxy) is 1. The van der Waals surface area contributed by atoms with Crippen LogP contribution in [0.2, 0.25) is 0 Å². The number of aliphatic hydroxyl groups is 3. The highest BCUT2D eigenvalue weighted by Crippen LogP contribution is 2.32. The number of nitrogens with zero attached hydrogens (tertiary/aromatic N) is 1. The number of aliphatic hydroxyl groups excluding tert-OH is 3. The molecule has 0 saturated carbocycles. The normalized spacial score (nSPS) is 35.7. The highest BCUT2D eigenvalue weighted by Gasteiger charge is 2.42. The van der Waals surface area contributed by atoms with Crippen LogP contribution in [0.25, 0.3) is 0 Å². The van der Waals surface area contributed by atoms with E-state index in [0.29, 0.717) is 5.56 Å². The zero-order valence-corrected chi connectivity index (χ0v) is 8.02. The van der Waals surface area contributed by atoms with Crippen molar-refractivity contribution in [1.82, 2.24) is 4.98 Å². The summed E-state index contributed by atoms with van der Waals surface area (Å²) in [7, 11) is 0. The maximum absolute atomic E-state index is 9.70. The summed E-state index contributed by atoms with van der Waals surface area (Å²) in [6.07, 6.45) is -0.242. The van der Waals surface area contributed by atoms with Crippen molar-refractivity contribution in [1.29, 1.82) is 0 Å². The largest absolute Gasteiger partial charge is 0.394 e. The summed E-state index contributed by atoms with van der Waals surface area (Å²) in [5.74, 6) is 0. The van der Waals surface area contributed by atoms with Crippen LogP contribution in [0.1, 0.15) is 11.7 Å². The molecule has 1 fully saturated rings. The van der Waals surface area contributed by atoms with Crippen LogP contribution in [0, 0.1) is 0 Å². The van der Waals surface area contributed by atoms with E-state index in [2.05, 4.69) is 4.98 Å². The molecule has 1 aliphatic heterocycles. The first-order chi connectivity index (χ1) is 7.24. The Morgan fingerprint density at radius 3 is 2.67 bits per heavy atom. The molecular weight excluding hydrogens is 198 g/mol. The summed E-state index contributed by atoms with van der Waals surface area (Å²) >= 11 is 0. The summed E-state index contributed by atoms with van der Waals surface area (Å²) in [5.41, 5.74) is 0.694. The molecule has 5 nitrogen and oxygen atoms in total. The van der Waals surface area contributed by atoms with Gasteiger partial charge in [0.05, 0.1) is 6.61 Å². The van der Waals surface area contributed by atoms with E-state index in [1.165, 1.54) is 0 Å². The molecule has 3 N–H and O–H groups in total. The number of rotatable bonds is 2. The topological polar surface area (TPSA) is 82.8 Å². The third-order valence-corrected chi connectivity index (χ3v) is 2.56. The molecule has 0 bridgehead atoms. The van der Waals surface area contributed by atoms with Gasteiger partial charge in [-0.1, -0.05) is 6.07 Å². The lowest BCUT2D eigenvalue weighted by Crippen LogP contribution is -2.32. The molecule has 0 aromatic carbocycles. The Balaban J connectivity index is 2.19. The second kappa shape index (κ2) is 4.24. The summed E-state index contributed by atoms with van der Waals surface area (Å²) in [6.45, 7) is -0.311. The van der Waals surface area contributed by atoms with Gasteiger partial charge in [0.25, 0.3) is 0 Å². The minimum Gasteiger partial charge on any atom is -0.394 e. The predicted molar refractivity (Wildman–Crippen MR) is 51.0 cm³/mol. The van der Waals surface area contributed by atoms with Crippen molar-refractivity contribution >= 4 is 0 Å². The van der Waals surface area contributed by atoms with E-state index in [1.807, 2.05) is 0 Å². The van der Waals surface area contributed by atoms with Crippen molar-refractivity contribution in [2.24, 2.45) is 0 Å². The second-order valence-corrected chi connectivity index (χ2v) is 3.55. The highest BCUT2D eigenvalue weighted by molar-refractivity contribution is 5.16. The molecule has 2 heterocycles. The molecule has 1 saturated heterocycles. The van der Waals surface area contributed by atoms with Crippen LogP contribution in [0.15, 0.2) is 24.5 Å². The van der Waals surface area contributed by atoms with E-state index >= 15 is 0 Å². The van der Waals surface area contributed by atoms with Gasteiger partial charge >= 0.3 is 0 Å². The molecule has 5 heteroatoms. The van der Waals surface area contributed by atoms with E-state index in [0.717, 1.165) is 0 Å². The van der Waals surface area contributed by atoms with Gasteiger partial charge in [0, 0.05) is 18.0 Å². The quantitative estimate of drug-likeness (QED) is 0.598. The minimum absolute atomic E-state index is 0.311. The number of aromatic nitrogens is 1. The molecule has 2 rings (SSSR count). The van der Waals surface area contributed by atoms with Gasteiger partial charge in [0.2, 0.25) is 0 Å². The summed E-state index contributed by atoms with van der Waals surface area (Å²) < 4.78 is 5.33. The Morgan fingerprint density at radius 2 is 2.13 bits per heavy atom. The minimum atomic E-state index is -1.06. The Bertz CT molecular complexity index is 318. The fraction of sp³-hybridized carbons (Fsp3) is 0.500. The van der Waals surface area contributed by atoms with Crippen LogP contribution in [-0.4, -0.2) is 45.2 Å². The van der Waals surface area contributed by atoms with E-state index < -0.39 is 24.4 Å². The van der Waals surface area contributed by atoms with Gasteiger partial charge in [0.1, 0.15) is 24.4 Å². The smallest absolute Gasteiger partial charge is 0.113 e. The third kappa shape index (κ3) is 1.87. The van der Waals surface area contributed by atoms with Crippen LogP contribution in [0.5, 0.6) is 0 Å². The van der Waals surface area contributed by atoms with Gasteiger partial charge in [-0.25, -0.2) is 0 Å². The van der Waals surface area contributed by atoms with Gasteiger partial charge in [-0.05, 0) is 6.07 Å². The first kappa shape index (κ1) is 10.5. The molecule has 0 amide bonds. The lowest BCUT2D eigenvalue weighted by Gasteiger charge is -2.13. The summed E-state index contributed by atoms with van der Waals surface area (Å²) in [4.78, 5) is 3.90. The monoisotopic (exact) mass is 211 g/mol. The van der Waals surface area contributed by atoms with Gasteiger partial charge in [-0.3, -0.25) is 4.98 Å². The van der Waals surface area contributed by atoms with Crippen molar-refractivity contribution in [2.75, 3.05) is 6.61 Å². The Kier molecular flexibility index (Phi) is 2.97. The van der Waals surface area contributed by atoms with Crippen molar-refractivity contribution in [3.63, 3.8) is 0 Å². The van der Waals surface area contributed by atoms with E-state index in [9.17, 15) is 10.2 Å². The number of hydrogen-bond donors (Lipinski definition) is 3. The first-order valence-corrected chi connectivity index (χ1v) is 4.76. The second-order valence-electron chi connectivity index (χ2n) is 3.55. The molecular formula is C10H13NO4. The molecule has 0 radical (unpaired) electrons. The first-order valence-electron chi connectivity index (χ1n) is 4.76. The SMILES string of the molecule is OCC1OC(c2cccnc2)C(O)C1O. The lowest BCUT2D eigenvalue weighted by molar-refractivity contribution is -0.0228. The average Bonchev–Trinajstić information content (AvgIpc) is 2.57. The maximum atomic E-state index is 9.70. The molecule has 1 aliphatic rings. The van der Waals surface area contributed by atoms with Crippen LogP contribution in [-0.2, 0) is 4.74 Å². The zero-order chi connectivity index (χ0) is 10.8. The Labute approximate surface area is 87.0 Å². The number of hydrogen-bond acceptors (Lipinski definition) is 5. The van der Waals surface area contributed by atoms with E-state index in [-0.39, 0.29) is 6.61 Å². The number of pyridine rings is 1. The standard InChI is InChI=1S/C10H13NO4/c12-5-7-8(13)9(14)10(15-7)6-2-1-3-11-4-6/h1-4,7-10,12-14H,5H2. The molecule has 0 aliphatic carbocycles. The van der Waals surface area contributed by atoms with Gasteiger partial charge in [0.15, 0.2) is 0 Å². The fourth-order valence-electron chi connectivity index (χ4n) is 1.72. The molecule has 1 aromatic heterocycles. The Hall–Kier alpha value is -1.01. The Morgan fingerprint density at radius 1 is 1.33 bits per heavy atom. The molecule has 15 heavy (non-hydrogen) atoms. The molecule has 1 aromatic rings. The van der Waals surface area contributed by atoms with Crippen molar-refractivity contribution < 1.29 is 20.1 Å². The van der Waals surface area contributed by atoms with Gasteiger partial charge in [-0.15, -0.1) is 0 Å². The maximum Gasteiger partial charge on any atom is 0.113 e. The van der Waals surface area contributed by atoms with Crippen LogP contribution < -0.4 is 0 Å². The molecule has 4 unspecified atom stereocenters. The van der Waals surface area contributed by atoms with Crippen LogP contribution >= 0.6 is 0 Å². The zero-order valence-electron chi connectivity index (χ0n) is 8.02. The molecule has 82 valence electrons. The van der Waals surface area contributed by atoms with Gasteiger partial charge < -0.3 is 20.1 Å². The highest BCUT2D eigenvalue weighted by atomic mass is 16.6. The van der Waals surface area contributed by atoms with Crippen molar-refractivity contribution in [3.05, 3.63) is 30.1 Å². The summed E-state index contributed by atoms with van der Waals surface area (Å²) in [6, 6.07) is 3.48. The third-order valence-electron chi connectivity index (χ3n) is 2.56. The predicted octanol–water partition coefficient (Wildman–Crippen LogP) is -0.764. The van der Waals surface area contributed by atoms with E-state index in [1.54, 1.807) is 24.5 Å². The fourth-order valence-corrected chi connectivity index (χ4v) is 1.72. The molecule has 4 atom stereocenters. The lowest BCUT2D eigenvalue weighted by atomic mass is 10.0. The van der Waals surface area contributed by atoms with Crippen molar-refractivity contribution in [3.8, 4) is 0 Å². The average molecular weight is 211 g/mol.